The van der Waals surface area contributed by atoms with Gasteiger partial charge >= 0.3 is 6.09 Å². The molecule has 23 heavy (non-hydrogen) atoms. The number of amides is 2. The average molecular weight is 334 g/mol. The number of ether oxygens (including phenoxy) is 1. The molecule has 9 heteroatoms. The Kier molecular flexibility index (Phi) is 5.64. The maximum absolute atomic E-state index is 11.7. The van der Waals surface area contributed by atoms with Crippen molar-refractivity contribution in [3.05, 3.63) is 47.0 Å². The van der Waals surface area contributed by atoms with Gasteiger partial charge in [-0.3, -0.25) is 10.1 Å². The SMILES string of the molecule is CO/N=C(/C(N)=O)c1csc(NC(=O)OCc2ccccc2)n1. The molecule has 0 atom stereocenters. The van der Waals surface area contributed by atoms with Crippen LogP contribution in [0.1, 0.15) is 11.3 Å². The van der Waals surface area contributed by atoms with Crippen molar-refractivity contribution in [2.75, 3.05) is 12.4 Å². The van der Waals surface area contributed by atoms with E-state index in [0.717, 1.165) is 16.9 Å². The van der Waals surface area contributed by atoms with Gasteiger partial charge in [0.1, 0.15) is 19.4 Å². The lowest BCUT2D eigenvalue weighted by molar-refractivity contribution is -0.112. The maximum Gasteiger partial charge on any atom is 0.413 e. The highest BCUT2D eigenvalue weighted by atomic mass is 32.1. The van der Waals surface area contributed by atoms with E-state index in [9.17, 15) is 9.59 Å². The molecule has 0 aliphatic rings. The van der Waals surface area contributed by atoms with Crippen molar-refractivity contribution in [2.24, 2.45) is 10.9 Å². The highest BCUT2D eigenvalue weighted by Gasteiger charge is 2.16. The second-order valence-electron chi connectivity index (χ2n) is 4.21. The largest absolute Gasteiger partial charge is 0.444 e. The molecule has 2 amide bonds. The topological polar surface area (TPSA) is 116 Å². The second-order valence-corrected chi connectivity index (χ2v) is 5.07. The third-order valence-corrected chi connectivity index (χ3v) is 3.34. The number of nitrogens with two attached hydrogens (primary N) is 1. The van der Waals surface area contributed by atoms with E-state index in [1.54, 1.807) is 0 Å². The van der Waals surface area contributed by atoms with Crippen LogP contribution in [0.15, 0.2) is 40.9 Å². The predicted octanol–water partition coefficient (Wildman–Crippen LogP) is 1.73. The van der Waals surface area contributed by atoms with E-state index < -0.39 is 12.0 Å². The van der Waals surface area contributed by atoms with Crippen molar-refractivity contribution < 1.29 is 19.2 Å². The van der Waals surface area contributed by atoms with Crippen LogP contribution in [0, 0.1) is 0 Å². The maximum atomic E-state index is 11.7. The summed E-state index contributed by atoms with van der Waals surface area (Å²) in [5.41, 5.74) is 6.13. The van der Waals surface area contributed by atoms with Gasteiger partial charge < -0.3 is 15.3 Å². The van der Waals surface area contributed by atoms with Gasteiger partial charge in [0.05, 0.1) is 0 Å². The Labute approximate surface area is 135 Å². The van der Waals surface area contributed by atoms with E-state index >= 15 is 0 Å². The summed E-state index contributed by atoms with van der Waals surface area (Å²) in [6, 6.07) is 9.26. The van der Waals surface area contributed by atoms with Crippen LogP contribution in [0.5, 0.6) is 0 Å². The number of nitrogens with one attached hydrogen (secondary N) is 1. The number of oxime groups is 1. The Balaban J connectivity index is 1.94. The fourth-order valence-corrected chi connectivity index (χ4v) is 2.28. The van der Waals surface area contributed by atoms with Gasteiger partial charge in [-0.05, 0) is 5.56 Å². The number of anilines is 1. The lowest BCUT2D eigenvalue weighted by Crippen LogP contribution is -2.25. The van der Waals surface area contributed by atoms with Crippen LogP contribution in [-0.4, -0.2) is 29.8 Å². The Morgan fingerprint density at radius 3 is 2.74 bits per heavy atom. The number of hydrogen-bond acceptors (Lipinski definition) is 7. The van der Waals surface area contributed by atoms with E-state index in [1.807, 2.05) is 30.3 Å². The van der Waals surface area contributed by atoms with Crippen LogP contribution in [-0.2, 0) is 21.0 Å². The van der Waals surface area contributed by atoms with Crippen molar-refractivity contribution in [2.45, 2.75) is 6.61 Å². The molecule has 120 valence electrons. The monoisotopic (exact) mass is 334 g/mol. The lowest BCUT2D eigenvalue weighted by Gasteiger charge is -2.04. The van der Waals surface area contributed by atoms with Gasteiger partial charge in [-0.15, -0.1) is 11.3 Å². The Morgan fingerprint density at radius 1 is 1.35 bits per heavy atom. The average Bonchev–Trinajstić information content (AvgIpc) is 2.99. The number of carbonyl (C=O) groups excluding carboxylic acids is 2. The molecule has 1 heterocycles. The van der Waals surface area contributed by atoms with Crippen LogP contribution in [0.3, 0.4) is 0 Å². The van der Waals surface area contributed by atoms with Crippen molar-refractivity contribution in [1.29, 1.82) is 0 Å². The van der Waals surface area contributed by atoms with Gasteiger partial charge in [0, 0.05) is 5.38 Å². The fourth-order valence-electron chi connectivity index (χ4n) is 1.60. The molecule has 2 aromatic rings. The highest BCUT2D eigenvalue weighted by molar-refractivity contribution is 7.14. The molecule has 2 rings (SSSR count). The molecule has 0 fully saturated rings. The van der Waals surface area contributed by atoms with Crippen molar-refractivity contribution in [3.63, 3.8) is 0 Å². The van der Waals surface area contributed by atoms with Crippen LogP contribution >= 0.6 is 11.3 Å². The summed E-state index contributed by atoms with van der Waals surface area (Å²) < 4.78 is 5.07. The van der Waals surface area contributed by atoms with E-state index in [-0.39, 0.29) is 23.1 Å². The molecule has 1 aromatic heterocycles. The molecule has 1 aromatic carbocycles. The molecule has 0 saturated carbocycles. The third kappa shape index (κ3) is 4.78. The van der Waals surface area contributed by atoms with Crippen LogP contribution in [0.25, 0.3) is 0 Å². The summed E-state index contributed by atoms with van der Waals surface area (Å²) in [6.07, 6.45) is -0.654. The molecule has 0 radical (unpaired) electrons. The molecule has 0 bridgehead atoms. The first-order valence-corrected chi connectivity index (χ1v) is 7.32. The summed E-state index contributed by atoms with van der Waals surface area (Å²) in [4.78, 5) is 31.5. The first kappa shape index (κ1) is 16.4. The molecule has 0 unspecified atom stereocenters. The zero-order valence-corrected chi connectivity index (χ0v) is 13.0. The molecular weight excluding hydrogens is 320 g/mol. The first-order valence-electron chi connectivity index (χ1n) is 6.44. The van der Waals surface area contributed by atoms with Gasteiger partial charge in [0.15, 0.2) is 10.8 Å². The fraction of sp³-hybridized carbons (Fsp3) is 0.143. The summed E-state index contributed by atoms with van der Waals surface area (Å²) in [6.45, 7) is 0.141. The summed E-state index contributed by atoms with van der Waals surface area (Å²) >= 11 is 1.10. The zero-order valence-electron chi connectivity index (χ0n) is 12.2. The van der Waals surface area contributed by atoms with Gasteiger partial charge in [0.2, 0.25) is 0 Å². The van der Waals surface area contributed by atoms with Crippen molar-refractivity contribution in [3.8, 4) is 0 Å². The number of nitrogens with zero attached hydrogens (tertiary/aromatic N) is 2. The Hall–Kier alpha value is -2.94. The Morgan fingerprint density at radius 2 is 2.09 bits per heavy atom. The number of carbonyl (C=O) groups is 2. The number of thiazole rings is 1. The molecule has 8 nitrogen and oxygen atoms in total. The van der Waals surface area contributed by atoms with E-state index in [1.165, 1.54) is 12.5 Å². The Bertz CT molecular complexity index is 715. The normalized spacial score (nSPS) is 10.9. The van der Waals surface area contributed by atoms with Crippen molar-refractivity contribution >= 4 is 34.2 Å². The number of hydrogen-bond donors (Lipinski definition) is 2. The molecule has 3 N–H and O–H groups in total. The van der Waals surface area contributed by atoms with Crippen molar-refractivity contribution in [1.82, 2.24) is 4.98 Å². The van der Waals surface area contributed by atoms with Crippen LogP contribution < -0.4 is 11.1 Å². The number of aromatic nitrogens is 1. The minimum atomic E-state index is -0.782. The highest BCUT2D eigenvalue weighted by Crippen LogP contribution is 2.16. The molecular formula is C14H14N4O4S. The standard InChI is InChI=1S/C14H14N4O4S/c1-21-18-11(12(15)19)10-8-23-13(16-10)17-14(20)22-7-9-5-3-2-4-6-9/h2-6,8H,7H2,1H3,(H2,15,19)(H,16,17,20)/b18-11+. The van der Waals surface area contributed by atoms with E-state index in [4.69, 9.17) is 10.5 Å². The van der Waals surface area contributed by atoms with Gasteiger partial charge in [-0.1, -0.05) is 35.5 Å². The zero-order chi connectivity index (χ0) is 16.7. The minimum Gasteiger partial charge on any atom is -0.444 e. The molecule has 0 aliphatic carbocycles. The number of rotatable bonds is 6. The molecule has 0 saturated heterocycles. The van der Waals surface area contributed by atoms with Crippen LogP contribution in [0.2, 0.25) is 0 Å². The quantitative estimate of drug-likeness (QED) is 0.616. The number of primary amides is 1. The van der Waals surface area contributed by atoms with E-state index in [0.29, 0.717) is 0 Å². The van der Waals surface area contributed by atoms with Gasteiger partial charge in [0.25, 0.3) is 5.91 Å². The lowest BCUT2D eigenvalue weighted by atomic mass is 10.2. The van der Waals surface area contributed by atoms with Gasteiger partial charge in [-0.2, -0.15) is 0 Å². The van der Waals surface area contributed by atoms with Gasteiger partial charge in [-0.25, -0.2) is 9.78 Å². The third-order valence-electron chi connectivity index (χ3n) is 2.58. The summed E-state index contributed by atoms with van der Waals surface area (Å²) in [5.74, 6) is -0.782. The number of benzene rings is 1. The molecule has 0 aliphatic heterocycles. The summed E-state index contributed by atoms with van der Waals surface area (Å²) in [7, 11) is 1.29. The first-order chi connectivity index (χ1) is 11.1. The minimum absolute atomic E-state index is 0.130. The van der Waals surface area contributed by atoms with Crippen LogP contribution in [0.4, 0.5) is 9.93 Å². The second kappa shape index (κ2) is 7.90. The predicted molar refractivity (Wildman–Crippen MR) is 85.1 cm³/mol. The smallest absolute Gasteiger partial charge is 0.413 e. The van der Waals surface area contributed by atoms with E-state index in [2.05, 4.69) is 20.3 Å². The molecule has 0 spiro atoms. The summed E-state index contributed by atoms with van der Waals surface area (Å²) in [5, 5.41) is 7.75.